The van der Waals surface area contributed by atoms with Crippen LogP contribution in [0.25, 0.3) is 0 Å². The van der Waals surface area contributed by atoms with Crippen LogP contribution in [0.15, 0.2) is 0 Å². The first-order valence-corrected chi connectivity index (χ1v) is 6.60. The molecule has 3 nitrogen and oxygen atoms in total. The minimum absolute atomic E-state index is 0.416. The Balaban J connectivity index is 1.88. The lowest BCUT2D eigenvalue weighted by atomic mass is 9.84. The maximum atomic E-state index is 11.2. The number of hydrogen-bond acceptors (Lipinski definition) is 3. The fourth-order valence-corrected chi connectivity index (χ4v) is 4.01. The van der Waals surface area contributed by atoms with Crippen molar-refractivity contribution in [2.45, 2.75) is 42.1 Å². The summed E-state index contributed by atoms with van der Waals surface area (Å²) < 4.78 is -0.416. The summed E-state index contributed by atoms with van der Waals surface area (Å²) in [7, 11) is 2.14. The summed E-state index contributed by atoms with van der Waals surface area (Å²) >= 11 is 1.74. The van der Waals surface area contributed by atoms with Gasteiger partial charge in [0.25, 0.3) is 0 Å². The highest BCUT2D eigenvalue weighted by atomic mass is 32.2. The van der Waals surface area contributed by atoms with E-state index in [1.54, 1.807) is 11.8 Å². The summed E-state index contributed by atoms with van der Waals surface area (Å²) in [4.78, 5) is 13.5. The lowest BCUT2D eigenvalue weighted by molar-refractivity contribution is -0.142. The molecule has 2 aliphatic rings. The van der Waals surface area contributed by atoms with E-state index in [-0.39, 0.29) is 0 Å². The van der Waals surface area contributed by atoms with Gasteiger partial charge in [0.15, 0.2) is 0 Å². The molecule has 0 amide bonds. The van der Waals surface area contributed by atoms with Crippen molar-refractivity contribution in [2.24, 2.45) is 0 Å². The van der Waals surface area contributed by atoms with Crippen LogP contribution in [-0.4, -0.2) is 46.1 Å². The van der Waals surface area contributed by atoms with E-state index in [1.165, 1.54) is 0 Å². The molecule has 0 aromatic rings. The second-order valence-corrected chi connectivity index (χ2v) is 6.46. The molecular formula is C11H19NO2S. The van der Waals surface area contributed by atoms with E-state index in [9.17, 15) is 9.90 Å². The van der Waals surface area contributed by atoms with Gasteiger partial charge in [-0.15, -0.1) is 11.8 Å². The van der Waals surface area contributed by atoms with Crippen LogP contribution in [0.1, 0.15) is 32.1 Å². The van der Waals surface area contributed by atoms with Gasteiger partial charge >= 0.3 is 5.97 Å². The van der Waals surface area contributed by atoms with Crippen LogP contribution >= 0.6 is 11.8 Å². The molecule has 1 saturated heterocycles. The number of carboxylic acid groups (broad SMARTS) is 1. The minimum Gasteiger partial charge on any atom is -0.480 e. The van der Waals surface area contributed by atoms with E-state index >= 15 is 0 Å². The molecule has 0 unspecified atom stereocenters. The maximum Gasteiger partial charge on any atom is 0.319 e. The zero-order valence-electron chi connectivity index (χ0n) is 9.24. The number of nitrogens with zero attached hydrogens (tertiary/aromatic N) is 1. The molecule has 86 valence electrons. The van der Waals surface area contributed by atoms with Crippen LogP contribution in [-0.2, 0) is 4.79 Å². The molecule has 1 saturated carbocycles. The van der Waals surface area contributed by atoms with E-state index in [1.807, 2.05) is 0 Å². The van der Waals surface area contributed by atoms with Crippen molar-refractivity contribution in [1.29, 1.82) is 0 Å². The minimum atomic E-state index is -0.585. The lowest BCUT2D eigenvalue weighted by Gasteiger charge is -2.41. The van der Waals surface area contributed by atoms with Crippen molar-refractivity contribution in [1.82, 2.24) is 4.90 Å². The molecule has 0 atom stereocenters. The van der Waals surface area contributed by atoms with Crippen molar-refractivity contribution in [2.75, 3.05) is 20.1 Å². The van der Waals surface area contributed by atoms with Crippen molar-refractivity contribution in [3.05, 3.63) is 0 Å². The third-order valence-electron chi connectivity index (χ3n) is 3.61. The Morgan fingerprint density at radius 1 is 1.40 bits per heavy atom. The van der Waals surface area contributed by atoms with Crippen LogP contribution in [0.2, 0.25) is 0 Å². The Kier molecular flexibility index (Phi) is 3.26. The van der Waals surface area contributed by atoms with Crippen LogP contribution in [0.4, 0.5) is 0 Å². The third kappa shape index (κ3) is 2.31. The van der Waals surface area contributed by atoms with E-state index in [0.717, 1.165) is 45.2 Å². The number of hydrogen-bond donors (Lipinski definition) is 1. The maximum absolute atomic E-state index is 11.2. The van der Waals surface area contributed by atoms with Gasteiger partial charge in [-0.05, 0) is 52.2 Å². The Hall–Kier alpha value is -0.220. The first-order valence-electron chi connectivity index (χ1n) is 5.72. The molecule has 0 bridgehead atoms. The summed E-state index contributed by atoms with van der Waals surface area (Å²) in [6, 6.07) is 0. The van der Waals surface area contributed by atoms with E-state index in [0.29, 0.717) is 5.25 Å². The number of carbonyl (C=O) groups is 1. The number of piperidine rings is 1. The second kappa shape index (κ2) is 4.34. The van der Waals surface area contributed by atoms with Gasteiger partial charge < -0.3 is 10.0 Å². The van der Waals surface area contributed by atoms with Crippen LogP contribution in [0.3, 0.4) is 0 Å². The molecule has 1 aliphatic heterocycles. The monoisotopic (exact) mass is 229 g/mol. The van der Waals surface area contributed by atoms with Gasteiger partial charge in [0.1, 0.15) is 4.75 Å². The predicted molar refractivity (Wildman–Crippen MR) is 62.3 cm³/mol. The highest BCUT2D eigenvalue weighted by Gasteiger charge is 2.46. The summed E-state index contributed by atoms with van der Waals surface area (Å²) in [5.41, 5.74) is 0. The highest BCUT2D eigenvalue weighted by molar-refractivity contribution is 8.02. The molecular weight excluding hydrogens is 210 g/mol. The normalized spacial score (nSPS) is 27.3. The largest absolute Gasteiger partial charge is 0.480 e. The number of thioether (sulfide) groups is 1. The van der Waals surface area contributed by atoms with Gasteiger partial charge in [-0.3, -0.25) is 4.79 Å². The molecule has 2 rings (SSSR count). The third-order valence-corrected chi connectivity index (χ3v) is 5.45. The average molecular weight is 229 g/mol. The summed E-state index contributed by atoms with van der Waals surface area (Å²) in [6.45, 7) is 2.24. The van der Waals surface area contributed by atoms with Gasteiger partial charge in [-0.2, -0.15) is 0 Å². The van der Waals surface area contributed by atoms with E-state index in [2.05, 4.69) is 11.9 Å². The van der Waals surface area contributed by atoms with Crippen molar-refractivity contribution in [3.8, 4) is 0 Å². The van der Waals surface area contributed by atoms with Gasteiger partial charge in [-0.1, -0.05) is 0 Å². The first kappa shape index (κ1) is 11.3. The quantitative estimate of drug-likeness (QED) is 0.801. The van der Waals surface area contributed by atoms with Crippen molar-refractivity contribution >= 4 is 17.7 Å². The first-order chi connectivity index (χ1) is 7.12. The fraction of sp³-hybridized carbons (Fsp3) is 0.909. The molecule has 2 fully saturated rings. The molecule has 4 heteroatoms. The molecule has 0 aromatic heterocycles. The van der Waals surface area contributed by atoms with Gasteiger partial charge in [0.2, 0.25) is 0 Å². The highest BCUT2D eigenvalue weighted by Crippen LogP contribution is 2.48. The fourth-order valence-electron chi connectivity index (χ4n) is 2.30. The molecule has 0 spiro atoms. The number of aliphatic carboxylic acids is 1. The van der Waals surface area contributed by atoms with Gasteiger partial charge in [-0.25, -0.2) is 0 Å². The van der Waals surface area contributed by atoms with Crippen molar-refractivity contribution < 1.29 is 9.90 Å². The molecule has 1 N–H and O–H groups in total. The SMILES string of the molecule is CN1CCC(SC2(C(=O)O)CCC2)CC1. The van der Waals surface area contributed by atoms with Gasteiger partial charge in [0.05, 0.1) is 0 Å². The molecule has 1 heterocycles. The smallest absolute Gasteiger partial charge is 0.319 e. The summed E-state index contributed by atoms with van der Waals surface area (Å²) in [5.74, 6) is -0.585. The molecule has 0 aromatic carbocycles. The molecule has 0 radical (unpaired) electrons. The van der Waals surface area contributed by atoms with Crippen LogP contribution < -0.4 is 0 Å². The zero-order chi connectivity index (χ0) is 10.9. The molecule has 15 heavy (non-hydrogen) atoms. The topological polar surface area (TPSA) is 40.5 Å². The molecule has 1 aliphatic carbocycles. The zero-order valence-corrected chi connectivity index (χ0v) is 10.1. The number of likely N-dealkylation sites (tertiary alicyclic amines) is 1. The van der Waals surface area contributed by atoms with Crippen LogP contribution in [0, 0.1) is 0 Å². The Bertz CT molecular complexity index is 245. The van der Waals surface area contributed by atoms with Crippen molar-refractivity contribution in [3.63, 3.8) is 0 Å². The van der Waals surface area contributed by atoms with Gasteiger partial charge in [0, 0.05) is 5.25 Å². The van der Waals surface area contributed by atoms with E-state index < -0.39 is 10.7 Å². The average Bonchev–Trinajstić information content (AvgIpc) is 2.13. The Morgan fingerprint density at radius 2 is 2.00 bits per heavy atom. The summed E-state index contributed by atoms with van der Waals surface area (Å²) in [6.07, 6.45) is 5.14. The van der Waals surface area contributed by atoms with Crippen LogP contribution in [0.5, 0.6) is 0 Å². The lowest BCUT2D eigenvalue weighted by Crippen LogP contribution is -2.45. The number of carboxylic acids is 1. The van der Waals surface area contributed by atoms with E-state index in [4.69, 9.17) is 0 Å². The second-order valence-electron chi connectivity index (χ2n) is 4.77. The Morgan fingerprint density at radius 3 is 2.40 bits per heavy atom. The number of rotatable bonds is 3. The summed E-state index contributed by atoms with van der Waals surface area (Å²) in [5, 5.41) is 9.80. The Labute approximate surface area is 95.2 Å². The predicted octanol–water partition coefficient (Wildman–Crippen LogP) is 1.82. The standard InChI is InChI=1S/C11H19NO2S/c1-12-7-3-9(4-8-12)15-11(10(13)14)5-2-6-11/h9H,2-8H2,1H3,(H,13,14).